The molecule has 0 aromatic rings. The third-order valence-corrected chi connectivity index (χ3v) is 3.52. The maximum absolute atomic E-state index is 12.2. The van der Waals surface area contributed by atoms with E-state index in [9.17, 15) is 10.1 Å². The molecule has 3 nitrogen and oxygen atoms in total. The van der Waals surface area contributed by atoms with E-state index in [0.29, 0.717) is 0 Å². The van der Waals surface area contributed by atoms with Gasteiger partial charge in [0.1, 0.15) is 5.41 Å². The van der Waals surface area contributed by atoms with Gasteiger partial charge in [0.2, 0.25) is 5.91 Å². The standard InChI is InChI=1S/C13H22N2O/c1-3-4-7-10-15(2)12(16)13(11-14)8-5-6-9-13/h3-10H2,1-2H3. The third-order valence-electron chi connectivity index (χ3n) is 3.52. The van der Waals surface area contributed by atoms with Crippen LogP contribution in [0.1, 0.15) is 51.9 Å². The van der Waals surface area contributed by atoms with Crippen LogP contribution in [-0.4, -0.2) is 24.4 Å². The van der Waals surface area contributed by atoms with Crippen LogP contribution in [0.25, 0.3) is 0 Å². The summed E-state index contributed by atoms with van der Waals surface area (Å²) in [7, 11) is 1.83. The zero-order valence-corrected chi connectivity index (χ0v) is 10.5. The molecule has 0 saturated heterocycles. The number of carbonyl (C=O) groups is 1. The Labute approximate surface area is 98.4 Å². The molecule has 0 bridgehead atoms. The van der Waals surface area contributed by atoms with Crippen LogP contribution in [0.3, 0.4) is 0 Å². The van der Waals surface area contributed by atoms with Crippen LogP contribution in [0, 0.1) is 16.7 Å². The lowest BCUT2D eigenvalue weighted by Crippen LogP contribution is -2.40. The van der Waals surface area contributed by atoms with E-state index in [1.165, 1.54) is 0 Å². The molecule has 1 fully saturated rings. The molecular weight excluding hydrogens is 200 g/mol. The second-order valence-electron chi connectivity index (χ2n) is 4.83. The Morgan fingerprint density at radius 2 is 2.00 bits per heavy atom. The van der Waals surface area contributed by atoms with E-state index in [1.807, 2.05) is 7.05 Å². The number of unbranched alkanes of at least 4 members (excludes halogenated alkanes) is 2. The van der Waals surface area contributed by atoms with Crippen molar-refractivity contribution in [2.75, 3.05) is 13.6 Å². The Hall–Kier alpha value is -1.04. The van der Waals surface area contributed by atoms with Gasteiger partial charge in [-0.2, -0.15) is 5.26 Å². The predicted molar refractivity (Wildman–Crippen MR) is 63.7 cm³/mol. The van der Waals surface area contributed by atoms with Gasteiger partial charge >= 0.3 is 0 Å². The van der Waals surface area contributed by atoms with Crippen LogP contribution in [0.5, 0.6) is 0 Å². The van der Waals surface area contributed by atoms with E-state index in [2.05, 4.69) is 13.0 Å². The minimum absolute atomic E-state index is 0.0450. The predicted octanol–water partition coefficient (Wildman–Crippen LogP) is 2.72. The van der Waals surface area contributed by atoms with Crippen molar-refractivity contribution >= 4 is 5.91 Å². The summed E-state index contributed by atoms with van der Waals surface area (Å²) in [5, 5.41) is 9.21. The Bertz CT molecular complexity index is 274. The highest BCUT2D eigenvalue weighted by Crippen LogP contribution is 2.38. The lowest BCUT2D eigenvalue weighted by Gasteiger charge is -2.26. The molecule has 0 atom stereocenters. The first-order chi connectivity index (χ1) is 7.66. The summed E-state index contributed by atoms with van der Waals surface area (Å²) in [6, 6.07) is 2.26. The van der Waals surface area contributed by atoms with Gasteiger partial charge in [-0.3, -0.25) is 4.79 Å². The topological polar surface area (TPSA) is 44.1 Å². The highest BCUT2D eigenvalue weighted by molar-refractivity contribution is 5.85. The lowest BCUT2D eigenvalue weighted by molar-refractivity contribution is -0.137. The minimum Gasteiger partial charge on any atom is -0.344 e. The molecule has 0 N–H and O–H groups in total. The fraction of sp³-hybridized carbons (Fsp3) is 0.846. The Morgan fingerprint density at radius 3 is 2.50 bits per heavy atom. The average molecular weight is 222 g/mol. The minimum atomic E-state index is -0.693. The van der Waals surface area contributed by atoms with Crippen LogP contribution in [0.15, 0.2) is 0 Å². The van der Waals surface area contributed by atoms with Crippen molar-refractivity contribution in [1.29, 1.82) is 5.26 Å². The molecule has 1 aliphatic rings. The molecule has 0 aliphatic heterocycles. The van der Waals surface area contributed by atoms with Gasteiger partial charge in [-0.1, -0.05) is 32.6 Å². The van der Waals surface area contributed by atoms with Gasteiger partial charge in [0.15, 0.2) is 0 Å². The molecule has 0 unspecified atom stereocenters. The number of nitrogens with zero attached hydrogens (tertiary/aromatic N) is 2. The maximum Gasteiger partial charge on any atom is 0.242 e. The quantitative estimate of drug-likeness (QED) is 0.671. The fourth-order valence-corrected chi connectivity index (χ4v) is 2.42. The van der Waals surface area contributed by atoms with Crippen molar-refractivity contribution in [2.24, 2.45) is 5.41 Å². The monoisotopic (exact) mass is 222 g/mol. The van der Waals surface area contributed by atoms with E-state index in [0.717, 1.165) is 51.5 Å². The summed E-state index contributed by atoms with van der Waals surface area (Å²) in [6.45, 7) is 2.94. The molecule has 0 radical (unpaired) electrons. The van der Waals surface area contributed by atoms with Crippen molar-refractivity contribution in [1.82, 2.24) is 4.90 Å². The maximum atomic E-state index is 12.2. The summed E-state index contributed by atoms with van der Waals surface area (Å²) in [4.78, 5) is 14.0. The zero-order valence-electron chi connectivity index (χ0n) is 10.5. The molecule has 3 heteroatoms. The molecule has 1 aliphatic carbocycles. The highest BCUT2D eigenvalue weighted by Gasteiger charge is 2.42. The smallest absolute Gasteiger partial charge is 0.242 e. The van der Waals surface area contributed by atoms with Crippen molar-refractivity contribution in [3.63, 3.8) is 0 Å². The van der Waals surface area contributed by atoms with Gasteiger partial charge in [0, 0.05) is 13.6 Å². The van der Waals surface area contributed by atoms with Gasteiger partial charge in [-0.15, -0.1) is 0 Å². The molecule has 0 heterocycles. The molecule has 90 valence electrons. The summed E-state index contributed by atoms with van der Waals surface area (Å²) in [5.74, 6) is 0.0450. The summed E-state index contributed by atoms with van der Waals surface area (Å²) in [6.07, 6.45) is 6.88. The van der Waals surface area contributed by atoms with E-state index >= 15 is 0 Å². The fourth-order valence-electron chi connectivity index (χ4n) is 2.42. The van der Waals surface area contributed by atoms with E-state index in [4.69, 9.17) is 0 Å². The summed E-state index contributed by atoms with van der Waals surface area (Å²) in [5.41, 5.74) is -0.693. The highest BCUT2D eigenvalue weighted by atomic mass is 16.2. The first-order valence-corrected chi connectivity index (χ1v) is 6.33. The average Bonchev–Trinajstić information content (AvgIpc) is 2.78. The molecule has 0 aromatic carbocycles. The Kier molecular flexibility index (Phi) is 4.79. The van der Waals surface area contributed by atoms with Crippen LogP contribution in [0.4, 0.5) is 0 Å². The van der Waals surface area contributed by atoms with Crippen molar-refractivity contribution < 1.29 is 4.79 Å². The molecule has 16 heavy (non-hydrogen) atoms. The van der Waals surface area contributed by atoms with E-state index in [1.54, 1.807) is 4.90 Å². The van der Waals surface area contributed by atoms with Crippen LogP contribution >= 0.6 is 0 Å². The zero-order chi connectivity index (χ0) is 12.0. The number of rotatable bonds is 5. The van der Waals surface area contributed by atoms with Crippen molar-refractivity contribution in [2.45, 2.75) is 51.9 Å². The van der Waals surface area contributed by atoms with Gasteiger partial charge < -0.3 is 4.90 Å². The lowest BCUT2D eigenvalue weighted by atomic mass is 9.86. The number of carbonyl (C=O) groups excluding carboxylic acids is 1. The number of amides is 1. The number of nitriles is 1. The van der Waals surface area contributed by atoms with Crippen LogP contribution in [-0.2, 0) is 4.79 Å². The SMILES string of the molecule is CCCCCN(C)C(=O)C1(C#N)CCCC1. The van der Waals surface area contributed by atoms with E-state index < -0.39 is 5.41 Å². The largest absolute Gasteiger partial charge is 0.344 e. The Balaban J connectivity index is 2.52. The molecule has 0 spiro atoms. The van der Waals surface area contributed by atoms with Crippen LogP contribution < -0.4 is 0 Å². The summed E-state index contributed by atoms with van der Waals surface area (Å²) >= 11 is 0. The second-order valence-corrected chi connectivity index (χ2v) is 4.83. The third kappa shape index (κ3) is 2.75. The van der Waals surface area contributed by atoms with Crippen molar-refractivity contribution in [3.8, 4) is 6.07 Å². The molecule has 1 saturated carbocycles. The summed E-state index contributed by atoms with van der Waals surface area (Å²) < 4.78 is 0. The molecular formula is C13H22N2O. The normalized spacial score (nSPS) is 18.1. The van der Waals surface area contributed by atoms with Gasteiger partial charge in [-0.05, 0) is 19.3 Å². The van der Waals surface area contributed by atoms with Gasteiger partial charge in [-0.25, -0.2) is 0 Å². The molecule has 1 rings (SSSR count). The molecule has 1 amide bonds. The van der Waals surface area contributed by atoms with E-state index in [-0.39, 0.29) is 5.91 Å². The van der Waals surface area contributed by atoms with Gasteiger partial charge in [0.05, 0.1) is 6.07 Å². The number of hydrogen-bond acceptors (Lipinski definition) is 2. The number of hydrogen-bond donors (Lipinski definition) is 0. The molecule has 0 aromatic heterocycles. The van der Waals surface area contributed by atoms with Crippen molar-refractivity contribution in [3.05, 3.63) is 0 Å². The Morgan fingerprint density at radius 1 is 1.38 bits per heavy atom. The second kappa shape index (κ2) is 5.89. The van der Waals surface area contributed by atoms with Crippen LogP contribution in [0.2, 0.25) is 0 Å². The van der Waals surface area contributed by atoms with Gasteiger partial charge in [0.25, 0.3) is 0 Å². The first-order valence-electron chi connectivity index (χ1n) is 6.33. The first kappa shape index (κ1) is 13.0.